The summed E-state index contributed by atoms with van der Waals surface area (Å²) in [6, 6.07) is 24.5. The molecule has 4 aromatic rings. The van der Waals surface area contributed by atoms with E-state index in [2.05, 4.69) is 18.3 Å². The third-order valence-corrected chi connectivity index (χ3v) is 7.14. The van der Waals surface area contributed by atoms with Gasteiger partial charge in [0.1, 0.15) is 29.0 Å². The van der Waals surface area contributed by atoms with Crippen LogP contribution < -0.4 is 14.8 Å². The van der Waals surface area contributed by atoms with Crippen molar-refractivity contribution >= 4 is 16.7 Å². The molecule has 1 aliphatic heterocycles. The molecule has 5 nitrogen and oxygen atoms in total. The molecule has 1 heterocycles. The van der Waals surface area contributed by atoms with E-state index < -0.39 is 5.97 Å². The Morgan fingerprint density at radius 1 is 0.973 bits per heavy atom. The van der Waals surface area contributed by atoms with Crippen LogP contribution >= 0.6 is 0 Å². The van der Waals surface area contributed by atoms with Crippen molar-refractivity contribution in [2.75, 3.05) is 20.8 Å². The van der Waals surface area contributed by atoms with Crippen molar-refractivity contribution in [1.82, 2.24) is 5.32 Å². The molecule has 190 valence electrons. The first-order chi connectivity index (χ1) is 18.0. The fourth-order valence-corrected chi connectivity index (χ4v) is 5.32. The molecule has 1 N–H and O–H groups in total. The van der Waals surface area contributed by atoms with Gasteiger partial charge < -0.3 is 19.5 Å². The fraction of sp³-hybridized carbons (Fsp3) is 0.258. The maximum Gasteiger partial charge on any atom is 0.341 e. The zero-order valence-corrected chi connectivity index (χ0v) is 21.2. The lowest BCUT2D eigenvalue weighted by Crippen LogP contribution is -2.37. The highest BCUT2D eigenvalue weighted by Gasteiger charge is 2.32. The van der Waals surface area contributed by atoms with Gasteiger partial charge in [-0.1, -0.05) is 60.7 Å². The summed E-state index contributed by atoms with van der Waals surface area (Å²) in [6.07, 6.45) is 0.572. The van der Waals surface area contributed by atoms with Gasteiger partial charge in [-0.05, 0) is 42.5 Å². The molecular weight excluding hydrogens is 469 g/mol. The van der Waals surface area contributed by atoms with Crippen molar-refractivity contribution in [2.24, 2.45) is 0 Å². The second-order valence-electron chi connectivity index (χ2n) is 9.30. The third-order valence-electron chi connectivity index (χ3n) is 7.14. The second kappa shape index (κ2) is 10.6. The van der Waals surface area contributed by atoms with E-state index in [9.17, 15) is 9.18 Å². The SMILES string of the molecule is COC(=O)c1cccc([C@@H]2C[C@H](CNC(C)c3ccc(F)c4ccccc34)Oc3ccccc32)c1OC. The molecule has 0 fully saturated rings. The first-order valence-electron chi connectivity index (χ1n) is 12.4. The van der Waals surface area contributed by atoms with E-state index in [4.69, 9.17) is 14.2 Å². The topological polar surface area (TPSA) is 56.8 Å². The lowest BCUT2D eigenvalue weighted by molar-refractivity contribution is 0.0596. The van der Waals surface area contributed by atoms with Gasteiger partial charge in [0.25, 0.3) is 0 Å². The number of nitrogens with one attached hydrogen (secondary N) is 1. The van der Waals surface area contributed by atoms with Crippen molar-refractivity contribution < 1.29 is 23.4 Å². The molecule has 37 heavy (non-hydrogen) atoms. The maximum atomic E-state index is 14.3. The first-order valence-corrected chi connectivity index (χ1v) is 12.4. The number of rotatable bonds is 7. The minimum atomic E-state index is -0.433. The number of hydrogen-bond donors (Lipinski definition) is 1. The molecule has 1 aliphatic rings. The Balaban J connectivity index is 1.42. The zero-order valence-electron chi connectivity index (χ0n) is 21.2. The Labute approximate surface area is 216 Å². The number of carbonyl (C=O) groups excluding carboxylic acids is 1. The minimum Gasteiger partial charge on any atom is -0.496 e. The van der Waals surface area contributed by atoms with E-state index in [1.807, 2.05) is 60.7 Å². The van der Waals surface area contributed by atoms with Crippen molar-refractivity contribution in [3.8, 4) is 11.5 Å². The monoisotopic (exact) mass is 499 g/mol. The average molecular weight is 500 g/mol. The van der Waals surface area contributed by atoms with Crippen LogP contribution in [0, 0.1) is 5.82 Å². The Kier molecular flexibility index (Phi) is 7.10. The Morgan fingerprint density at radius 3 is 2.49 bits per heavy atom. The molecule has 1 unspecified atom stereocenters. The van der Waals surface area contributed by atoms with E-state index in [1.54, 1.807) is 13.2 Å². The number of ether oxygens (including phenoxy) is 3. The van der Waals surface area contributed by atoms with Gasteiger partial charge in [0.15, 0.2) is 0 Å². The summed E-state index contributed by atoms with van der Waals surface area (Å²) < 4.78 is 31.4. The molecule has 0 spiro atoms. The Bertz CT molecular complexity index is 1440. The van der Waals surface area contributed by atoms with Crippen LogP contribution in [-0.4, -0.2) is 32.8 Å². The zero-order chi connectivity index (χ0) is 25.9. The number of methoxy groups -OCH3 is 2. The van der Waals surface area contributed by atoms with E-state index in [1.165, 1.54) is 13.2 Å². The lowest BCUT2D eigenvalue weighted by atomic mass is 9.83. The number of fused-ring (bicyclic) bond motifs is 2. The van der Waals surface area contributed by atoms with Crippen LogP contribution in [0.2, 0.25) is 0 Å². The van der Waals surface area contributed by atoms with Crippen LogP contribution in [0.25, 0.3) is 10.8 Å². The smallest absolute Gasteiger partial charge is 0.341 e. The van der Waals surface area contributed by atoms with Crippen LogP contribution in [0.4, 0.5) is 4.39 Å². The van der Waals surface area contributed by atoms with Crippen LogP contribution in [0.5, 0.6) is 11.5 Å². The van der Waals surface area contributed by atoms with Gasteiger partial charge >= 0.3 is 5.97 Å². The lowest BCUT2D eigenvalue weighted by Gasteiger charge is -2.34. The second-order valence-corrected chi connectivity index (χ2v) is 9.30. The summed E-state index contributed by atoms with van der Waals surface area (Å²) >= 11 is 0. The predicted molar refractivity (Wildman–Crippen MR) is 142 cm³/mol. The normalized spacial score (nSPS) is 17.5. The summed E-state index contributed by atoms with van der Waals surface area (Å²) in [5.74, 6) is 0.658. The largest absolute Gasteiger partial charge is 0.496 e. The quantitative estimate of drug-likeness (QED) is 0.298. The summed E-state index contributed by atoms with van der Waals surface area (Å²) in [5, 5.41) is 5.12. The molecular formula is C31H30FNO4. The maximum absolute atomic E-state index is 14.3. The molecule has 0 aliphatic carbocycles. The van der Waals surface area contributed by atoms with Gasteiger partial charge in [0.05, 0.1) is 14.2 Å². The van der Waals surface area contributed by atoms with Gasteiger partial charge in [-0.25, -0.2) is 9.18 Å². The molecule has 0 saturated heterocycles. The van der Waals surface area contributed by atoms with Crippen LogP contribution in [0.15, 0.2) is 78.9 Å². The fourth-order valence-electron chi connectivity index (χ4n) is 5.32. The highest BCUT2D eigenvalue weighted by atomic mass is 19.1. The van der Waals surface area contributed by atoms with Crippen molar-refractivity contribution in [1.29, 1.82) is 0 Å². The van der Waals surface area contributed by atoms with Gasteiger partial charge in [0, 0.05) is 35.0 Å². The molecule has 6 heteroatoms. The number of benzene rings is 4. The molecule has 4 aromatic carbocycles. The van der Waals surface area contributed by atoms with Crippen molar-refractivity contribution in [2.45, 2.75) is 31.4 Å². The summed E-state index contributed by atoms with van der Waals surface area (Å²) in [5.41, 5.74) is 3.41. The van der Waals surface area contributed by atoms with E-state index in [0.29, 0.717) is 29.7 Å². The number of esters is 1. The number of para-hydroxylation sites is 2. The molecule has 0 amide bonds. The molecule has 0 radical (unpaired) electrons. The van der Waals surface area contributed by atoms with E-state index in [0.717, 1.165) is 27.8 Å². The summed E-state index contributed by atoms with van der Waals surface area (Å²) in [7, 11) is 2.94. The summed E-state index contributed by atoms with van der Waals surface area (Å²) in [4.78, 5) is 12.4. The number of carbonyl (C=O) groups is 1. The molecule has 0 aromatic heterocycles. The van der Waals surface area contributed by atoms with E-state index >= 15 is 0 Å². The Hall–Kier alpha value is -3.90. The predicted octanol–water partition coefficient (Wildman–Crippen LogP) is 6.41. The molecule has 0 saturated carbocycles. The van der Waals surface area contributed by atoms with Crippen LogP contribution in [0.3, 0.4) is 0 Å². The molecule has 5 rings (SSSR count). The number of halogens is 1. The third kappa shape index (κ3) is 4.77. The van der Waals surface area contributed by atoms with Crippen molar-refractivity contribution in [3.05, 3.63) is 107 Å². The molecule has 0 bridgehead atoms. The number of hydrogen-bond acceptors (Lipinski definition) is 5. The van der Waals surface area contributed by atoms with Crippen molar-refractivity contribution in [3.63, 3.8) is 0 Å². The highest BCUT2D eigenvalue weighted by molar-refractivity contribution is 5.93. The Morgan fingerprint density at radius 2 is 1.70 bits per heavy atom. The van der Waals surface area contributed by atoms with Gasteiger partial charge in [-0.2, -0.15) is 0 Å². The minimum absolute atomic E-state index is 0.0121. The van der Waals surface area contributed by atoms with Gasteiger partial charge in [-0.3, -0.25) is 0 Å². The summed E-state index contributed by atoms with van der Waals surface area (Å²) in [6.45, 7) is 2.67. The van der Waals surface area contributed by atoms with E-state index in [-0.39, 0.29) is 23.9 Å². The highest BCUT2D eigenvalue weighted by Crippen LogP contribution is 2.44. The molecule has 3 atom stereocenters. The van der Waals surface area contributed by atoms with Crippen LogP contribution in [0.1, 0.15) is 52.4 Å². The van der Waals surface area contributed by atoms with Crippen LogP contribution in [-0.2, 0) is 4.74 Å². The van der Waals surface area contributed by atoms with Gasteiger partial charge in [0.2, 0.25) is 0 Å². The van der Waals surface area contributed by atoms with Gasteiger partial charge in [-0.15, -0.1) is 0 Å². The average Bonchev–Trinajstić information content (AvgIpc) is 2.95. The standard InChI is InChI=1S/C31H30FNO4/c1-19(21-15-16-28(32)23-10-5-4-9-22(21)23)33-18-20-17-27(24-11-6-7-14-29(24)37-20)25-12-8-13-26(30(25)35-2)31(34)36-3/h4-16,19-20,27,33H,17-18H2,1-3H3/t19?,20-,27-/m1/s1. The first kappa shape index (κ1) is 24.8.